The summed E-state index contributed by atoms with van der Waals surface area (Å²) < 4.78 is 25.7. The number of carbonyl (C=O) groups excluding carboxylic acids is 2. The number of nitrogens with zero attached hydrogens (tertiary/aromatic N) is 3. The Labute approximate surface area is 227 Å². The topological polar surface area (TPSA) is 95.3 Å². The number of hydrogen-bond donors (Lipinski definition) is 1. The van der Waals surface area contributed by atoms with E-state index < -0.39 is 5.97 Å². The van der Waals surface area contributed by atoms with Crippen LogP contribution in [-0.4, -0.2) is 46.1 Å². The lowest BCUT2D eigenvalue weighted by atomic mass is 10.0. The Kier molecular flexibility index (Phi) is 8.93. The van der Waals surface area contributed by atoms with Crippen molar-refractivity contribution in [3.8, 4) is 28.3 Å². The molecule has 11 heteroatoms. The van der Waals surface area contributed by atoms with Crippen molar-refractivity contribution in [2.45, 2.75) is 18.6 Å². The highest BCUT2D eigenvalue weighted by Crippen LogP contribution is 2.36. The summed E-state index contributed by atoms with van der Waals surface area (Å²) in [6, 6.07) is 13.3. The maximum Gasteiger partial charge on any atom is 0.341 e. The second-order valence-electron chi connectivity index (χ2n) is 7.85. The Balaban J connectivity index is 1.50. The monoisotopic (exact) mass is 552 g/mol. The predicted octanol–water partition coefficient (Wildman–Crippen LogP) is 5.91. The third-order valence-electron chi connectivity index (χ3n) is 5.37. The summed E-state index contributed by atoms with van der Waals surface area (Å²) in [5.41, 5.74) is 2.26. The fourth-order valence-electron chi connectivity index (χ4n) is 3.66. The minimum atomic E-state index is -0.598. The molecule has 0 bridgehead atoms. The van der Waals surface area contributed by atoms with Gasteiger partial charge in [0.2, 0.25) is 5.91 Å². The third-order valence-corrected chi connectivity index (χ3v) is 7.24. The van der Waals surface area contributed by atoms with Crippen molar-refractivity contribution in [3.63, 3.8) is 0 Å². The summed E-state index contributed by atoms with van der Waals surface area (Å²) in [4.78, 5) is 25.4. The fraction of sp³-hybridized carbons (Fsp3) is 0.185. The minimum Gasteiger partial charge on any atom is -0.494 e. The number of allylic oxidation sites excluding steroid dienone is 1. The van der Waals surface area contributed by atoms with Crippen molar-refractivity contribution in [2.75, 3.05) is 24.8 Å². The first-order chi connectivity index (χ1) is 18.4. The SMILES string of the molecule is C=CCn1c(SCC(=O)Nc2scc(-c3ccc(F)cc3)c2C(=O)OC)nnc1-c1ccc(OCC)cc1. The molecule has 0 atom stereocenters. The quantitative estimate of drug-likeness (QED) is 0.140. The van der Waals surface area contributed by atoms with Crippen LogP contribution in [0.5, 0.6) is 5.75 Å². The largest absolute Gasteiger partial charge is 0.494 e. The van der Waals surface area contributed by atoms with E-state index >= 15 is 0 Å². The second kappa shape index (κ2) is 12.5. The van der Waals surface area contributed by atoms with Gasteiger partial charge in [-0.3, -0.25) is 9.36 Å². The van der Waals surface area contributed by atoms with Crippen molar-refractivity contribution in [2.24, 2.45) is 0 Å². The number of rotatable bonds is 11. The minimum absolute atomic E-state index is 0.0307. The fourth-order valence-corrected chi connectivity index (χ4v) is 5.38. The number of amides is 1. The number of carbonyl (C=O) groups is 2. The Hall–Kier alpha value is -3.96. The van der Waals surface area contributed by atoms with Gasteiger partial charge >= 0.3 is 5.97 Å². The molecule has 1 amide bonds. The first-order valence-electron chi connectivity index (χ1n) is 11.6. The molecule has 196 valence electrons. The van der Waals surface area contributed by atoms with Gasteiger partial charge in [-0.15, -0.1) is 28.1 Å². The normalized spacial score (nSPS) is 10.7. The highest BCUT2D eigenvalue weighted by Gasteiger charge is 2.23. The number of esters is 1. The van der Waals surface area contributed by atoms with Crippen molar-refractivity contribution in [1.82, 2.24) is 14.8 Å². The smallest absolute Gasteiger partial charge is 0.341 e. The number of ether oxygens (including phenoxy) is 2. The molecule has 8 nitrogen and oxygen atoms in total. The molecule has 0 fully saturated rings. The number of nitrogens with one attached hydrogen (secondary N) is 1. The average molecular weight is 553 g/mol. The van der Waals surface area contributed by atoms with E-state index in [2.05, 4.69) is 22.1 Å². The molecule has 0 radical (unpaired) electrons. The molecular formula is C27H25FN4O4S2. The highest BCUT2D eigenvalue weighted by atomic mass is 32.2. The number of hydrogen-bond acceptors (Lipinski definition) is 8. The summed E-state index contributed by atoms with van der Waals surface area (Å²) in [5.74, 6) is 0.126. The van der Waals surface area contributed by atoms with E-state index in [1.54, 1.807) is 23.6 Å². The van der Waals surface area contributed by atoms with Crippen molar-refractivity contribution >= 4 is 40.0 Å². The van der Waals surface area contributed by atoms with Crippen LogP contribution < -0.4 is 10.1 Å². The molecule has 0 aliphatic heterocycles. The molecule has 4 rings (SSSR count). The molecule has 0 saturated heterocycles. The number of thioether (sulfide) groups is 1. The van der Waals surface area contributed by atoms with Crippen molar-refractivity contribution in [1.29, 1.82) is 0 Å². The molecule has 1 N–H and O–H groups in total. The highest BCUT2D eigenvalue weighted by molar-refractivity contribution is 7.99. The maximum atomic E-state index is 13.4. The molecule has 0 unspecified atom stereocenters. The van der Waals surface area contributed by atoms with E-state index in [9.17, 15) is 14.0 Å². The molecule has 4 aromatic rings. The Morgan fingerprint density at radius 1 is 1.13 bits per heavy atom. The lowest BCUT2D eigenvalue weighted by Gasteiger charge is -2.09. The Bertz CT molecular complexity index is 1430. The number of benzene rings is 2. The van der Waals surface area contributed by atoms with Gasteiger partial charge in [-0.1, -0.05) is 30.0 Å². The van der Waals surface area contributed by atoms with Crippen LogP contribution in [0.25, 0.3) is 22.5 Å². The molecule has 0 aliphatic carbocycles. The molecule has 0 saturated carbocycles. The van der Waals surface area contributed by atoms with Crippen LogP contribution in [0.15, 0.2) is 71.7 Å². The number of methoxy groups -OCH3 is 1. The van der Waals surface area contributed by atoms with E-state index in [4.69, 9.17) is 9.47 Å². The van der Waals surface area contributed by atoms with Crippen LogP contribution in [0.4, 0.5) is 9.39 Å². The molecule has 2 aromatic heterocycles. The summed E-state index contributed by atoms with van der Waals surface area (Å²) in [7, 11) is 1.27. The summed E-state index contributed by atoms with van der Waals surface area (Å²) in [5, 5.41) is 14.0. The van der Waals surface area contributed by atoms with Crippen LogP contribution in [0, 0.1) is 5.82 Å². The van der Waals surface area contributed by atoms with E-state index in [-0.39, 0.29) is 23.0 Å². The molecule has 38 heavy (non-hydrogen) atoms. The zero-order chi connectivity index (χ0) is 27.1. The first-order valence-corrected chi connectivity index (χ1v) is 13.5. The average Bonchev–Trinajstić information content (AvgIpc) is 3.52. The van der Waals surface area contributed by atoms with Gasteiger partial charge in [-0.2, -0.15) is 0 Å². The van der Waals surface area contributed by atoms with Crippen LogP contribution in [0.2, 0.25) is 0 Å². The molecule has 0 spiro atoms. The summed E-state index contributed by atoms with van der Waals surface area (Å²) in [6.45, 7) is 6.78. The van der Waals surface area contributed by atoms with Gasteiger partial charge in [0, 0.05) is 23.1 Å². The van der Waals surface area contributed by atoms with Gasteiger partial charge in [0.05, 0.1) is 19.5 Å². The van der Waals surface area contributed by atoms with Gasteiger partial charge in [-0.05, 0) is 48.9 Å². The van der Waals surface area contributed by atoms with Gasteiger partial charge in [-0.25, -0.2) is 9.18 Å². The van der Waals surface area contributed by atoms with E-state index in [1.807, 2.05) is 35.8 Å². The summed E-state index contributed by atoms with van der Waals surface area (Å²) in [6.07, 6.45) is 1.73. The van der Waals surface area contributed by atoms with Gasteiger partial charge in [0.25, 0.3) is 0 Å². The van der Waals surface area contributed by atoms with Gasteiger partial charge < -0.3 is 14.8 Å². The van der Waals surface area contributed by atoms with Crippen molar-refractivity contribution < 1.29 is 23.5 Å². The number of halogens is 1. The van der Waals surface area contributed by atoms with Gasteiger partial charge in [0.15, 0.2) is 11.0 Å². The zero-order valence-corrected chi connectivity index (χ0v) is 22.4. The number of aromatic nitrogens is 3. The molecule has 2 aromatic carbocycles. The van der Waals surface area contributed by atoms with Crippen LogP contribution in [0.1, 0.15) is 17.3 Å². The number of anilines is 1. The zero-order valence-electron chi connectivity index (χ0n) is 20.8. The first kappa shape index (κ1) is 27.1. The number of thiophene rings is 1. The molecule has 0 aliphatic rings. The Morgan fingerprint density at radius 2 is 1.84 bits per heavy atom. The maximum absolute atomic E-state index is 13.4. The van der Waals surface area contributed by atoms with Crippen LogP contribution in [0.3, 0.4) is 0 Å². The second-order valence-corrected chi connectivity index (χ2v) is 9.67. The van der Waals surface area contributed by atoms with Crippen LogP contribution in [-0.2, 0) is 16.1 Å². The molecule has 2 heterocycles. The van der Waals surface area contributed by atoms with Gasteiger partial charge in [0.1, 0.15) is 22.1 Å². The van der Waals surface area contributed by atoms with E-state index in [0.29, 0.717) is 40.3 Å². The third kappa shape index (κ3) is 6.12. The van der Waals surface area contributed by atoms with Crippen molar-refractivity contribution in [3.05, 3.63) is 77.9 Å². The summed E-state index contributed by atoms with van der Waals surface area (Å²) >= 11 is 2.41. The standard InChI is InChI=1S/C27H25FN4O4S2/c1-4-14-32-24(18-8-12-20(13-9-18)36-5-2)30-31-27(32)38-16-22(33)29-25-23(26(34)35-3)21(15-37-25)17-6-10-19(28)11-7-17/h4,6-13,15H,1,5,14,16H2,2-3H3,(H,29,33). The van der Waals surface area contributed by atoms with E-state index in [0.717, 1.165) is 11.3 Å². The lowest BCUT2D eigenvalue weighted by Crippen LogP contribution is -2.16. The molecular weight excluding hydrogens is 527 g/mol. The predicted molar refractivity (Wildman–Crippen MR) is 147 cm³/mol. The van der Waals surface area contributed by atoms with Crippen LogP contribution >= 0.6 is 23.1 Å². The van der Waals surface area contributed by atoms with E-state index in [1.165, 1.54) is 42.3 Å². The lowest BCUT2D eigenvalue weighted by molar-refractivity contribution is -0.113. The Morgan fingerprint density at radius 3 is 2.50 bits per heavy atom.